The Morgan fingerprint density at radius 1 is 1.39 bits per heavy atom. The molecule has 1 saturated heterocycles. The lowest BCUT2D eigenvalue weighted by molar-refractivity contribution is 0.0286. The second-order valence-corrected chi connectivity index (χ2v) is 8.11. The van der Waals surface area contributed by atoms with Crippen molar-refractivity contribution in [1.82, 2.24) is 10.2 Å². The van der Waals surface area contributed by atoms with E-state index < -0.39 is 5.60 Å². The third-order valence-corrected chi connectivity index (χ3v) is 4.70. The van der Waals surface area contributed by atoms with Gasteiger partial charge >= 0.3 is 6.09 Å². The summed E-state index contributed by atoms with van der Waals surface area (Å²) in [4.78, 5) is 14.1. The van der Waals surface area contributed by atoms with Crippen molar-refractivity contribution < 1.29 is 9.53 Å². The molecule has 0 saturated carbocycles. The largest absolute Gasteiger partial charge is 0.444 e. The molecule has 1 aliphatic heterocycles. The van der Waals surface area contributed by atoms with Gasteiger partial charge in [0.2, 0.25) is 0 Å². The molecule has 0 aliphatic carbocycles. The van der Waals surface area contributed by atoms with Crippen LogP contribution < -0.4 is 5.32 Å². The molecule has 2 atom stereocenters. The van der Waals surface area contributed by atoms with Crippen LogP contribution >= 0.6 is 15.9 Å². The molecule has 4 nitrogen and oxygen atoms in total. The predicted molar refractivity (Wildman–Crippen MR) is 96.7 cm³/mol. The molecule has 0 spiro atoms. The normalized spacial score (nSPS) is 19.7. The average Bonchev–Trinajstić information content (AvgIpc) is 2.94. The maximum Gasteiger partial charge on any atom is 0.410 e. The Hall–Kier alpha value is -1.07. The van der Waals surface area contributed by atoms with Gasteiger partial charge in [0.05, 0.1) is 0 Å². The Labute approximate surface area is 147 Å². The number of likely N-dealkylation sites (tertiary alicyclic amines) is 1. The molecule has 1 amide bonds. The molecule has 1 aromatic rings. The molecule has 5 heteroatoms. The number of hydrogen-bond donors (Lipinski definition) is 1. The fourth-order valence-electron chi connectivity index (χ4n) is 3.09. The summed E-state index contributed by atoms with van der Waals surface area (Å²) in [5, 5.41) is 3.29. The summed E-state index contributed by atoms with van der Waals surface area (Å²) in [6.07, 6.45) is 0.820. The van der Waals surface area contributed by atoms with E-state index in [4.69, 9.17) is 4.74 Å². The zero-order chi connectivity index (χ0) is 17.0. The number of carbonyl (C=O) groups excluding carboxylic acids is 1. The predicted octanol–water partition coefficient (Wildman–Crippen LogP) is 4.01. The van der Waals surface area contributed by atoms with Crippen molar-refractivity contribution in [3.05, 3.63) is 34.3 Å². The highest BCUT2D eigenvalue weighted by atomic mass is 79.9. The highest BCUT2D eigenvalue weighted by Crippen LogP contribution is 2.33. The van der Waals surface area contributed by atoms with Crippen LogP contribution in [0.1, 0.15) is 38.7 Å². The molecule has 0 aromatic heterocycles. The lowest BCUT2D eigenvalue weighted by Crippen LogP contribution is -2.36. The highest BCUT2D eigenvalue weighted by molar-refractivity contribution is 9.10. The number of carbonyl (C=O) groups is 1. The van der Waals surface area contributed by atoms with E-state index in [0.717, 1.165) is 30.5 Å². The van der Waals surface area contributed by atoms with Crippen LogP contribution in [-0.2, 0) is 4.74 Å². The van der Waals surface area contributed by atoms with Crippen molar-refractivity contribution in [2.45, 2.75) is 38.7 Å². The molecule has 1 heterocycles. The minimum Gasteiger partial charge on any atom is -0.444 e. The van der Waals surface area contributed by atoms with Crippen molar-refractivity contribution in [3.63, 3.8) is 0 Å². The van der Waals surface area contributed by atoms with E-state index in [-0.39, 0.29) is 6.09 Å². The van der Waals surface area contributed by atoms with Crippen LogP contribution in [0.25, 0.3) is 0 Å². The highest BCUT2D eigenvalue weighted by Gasteiger charge is 2.34. The third-order valence-electron chi connectivity index (χ3n) is 4.17. The lowest BCUT2D eigenvalue weighted by atomic mass is 9.85. The van der Waals surface area contributed by atoms with Gasteiger partial charge in [-0.2, -0.15) is 0 Å². The van der Waals surface area contributed by atoms with Gasteiger partial charge in [-0.1, -0.05) is 28.1 Å². The van der Waals surface area contributed by atoms with Crippen LogP contribution in [0.3, 0.4) is 0 Å². The van der Waals surface area contributed by atoms with Crippen molar-refractivity contribution >= 4 is 22.0 Å². The number of nitrogens with zero attached hydrogens (tertiary/aromatic N) is 1. The third kappa shape index (κ3) is 5.21. The van der Waals surface area contributed by atoms with Crippen molar-refractivity contribution in [3.8, 4) is 0 Å². The van der Waals surface area contributed by atoms with Crippen molar-refractivity contribution in [2.24, 2.45) is 5.92 Å². The lowest BCUT2D eigenvalue weighted by Gasteiger charge is -2.26. The van der Waals surface area contributed by atoms with Crippen LogP contribution in [0.5, 0.6) is 0 Å². The number of hydrogen-bond acceptors (Lipinski definition) is 3. The minimum atomic E-state index is -0.439. The van der Waals surface area contributed by atoms with Gasteiger partial charge in [-0.3, -0.25) is 0 Å². The van der Waals surface area contributed by atoms with Gasteiger partial charge in [0.15, 0.2) is 0 Å². The second-order valence-electron chi connectivity index (χ2n) is 7.19. The van der Waals surface area contributed by atoms with Crippen LogP contribution in [0.15, 0.2) is 28.7 Å². The molecule has 0 bridgehead atoms. The average molecular weight is 383 g/mol. The van der Waals surface area contributed by atoms with Gasteiger partial charge in [-0.15, -0.1) is 0 Å². The topological polar surface area (TPSA) is 41.6 Å². The Morgan fingerprint density at radius 2 is 2.04 bits per heavy atom. The molecule has 2 rings (SSSR count). The van der Waals surface area contributed by atoms with Crippen LogP contribution in [-0.4, -0.2) is 43.3 Å². The van der Waals surface area contributed by atoms with Crippen LogP contribution in [0, 0.1) is 5.92 Å². The summed E-state index contributed by atoms with van der Waals surface area (Å²) >= 11 is 3.49. The summed E-state index contributed by atoms with van der Waals surface area (Å²) in [7, 11) is 1.98. The maximum absolute atomic E-state index is 12.3. The van der Waals surface area contributed by atoms with E-state index in [1.165, 1.54) is 5.56 Å². The minimum absolute atomic E-state index is 0.195. The Morgan fingerprint density at radius 3 is 2.61 bits per heavy atom. The smallest absolute Gasteiger partial charge is 0.410 e. The first-order valence-corrected chi connectivity index (χ1v) is 8.97. The zero-order valence-electron chi connectivity index (χ0n) is 14.4. The van der Waals surface area contributed by atoms with E-state index in [1.807, 2.05) is 32.7 Å². The van der Waals surface area contributed by atoms with E-state index >= 15 is 0 Å². The molecule has 1 aliphatic rings. The first kappa shape index (κ1) is 18.3. The van der Waals surface area contributed by atoms with Gasteiger partial charge in [0, 0.05) is 30.0 Å². The van der Waals surface area contributed by atoms with E-state index in [0.29, 0.717) is 11.8 Å². The fourth-order valence-corrected chi connectivity index (χ4v) is 3.36. The maximum atomic E-state index is 12.3. The summed E-state index contributed by atoms with van der Waals surface area (Å²) in [5.41, 5.74) is 0.879. The molecular weight excluding hydrogens is 356 g/mol. The van der Waals surface area contributed by atoms with E-state index in [2.05, 4.69) is 45.5 Å². The number of rotatable bonds is 4. The monoisotopic (exact) mass is 382 g/mol. The fraction of sp³-hybridized carbons (Fsp3) is 0.611. The van der Waals surface area contributed by atoms with Crippen LogP contribution in [0.4, 0.5) is 4.79 Å². The molecule has 1 fully saturated rings. The number of likely N-dealkylation sites (N-methyl/N-ethyl adjacent to an activating group) is 1. The summed E-state index contributed by atoms with van der Waals surface area (Å²) in [6.45, 7) is 8.17. The van der Waals surface area contributed by atoms with Gasteiger partial charge in [0.25, 0.3) is 0 Å². The molecule has 1 aromatic carbocycles. The van der Waals surface area contributed by atoms with Crippen LogP contribution in [0.2, 0.25) is 0 Å². The van der Waals surface area contributed by atoms with E-state index in [9.17, 15) is 4.79 Å². The standard InChI is InChI=1S/C18H27BrN2O2/c1-18(2,3)23-17(22)21-10-9-14(12-21)16(11-20-4)13-5-7-15(19)8-6-13/h5-8,14,16,20H,9-12H2,1-4H3. The number of ether oxygens (including phenoxy) is 1. The number of benzene rings is 1. The molecule has 23 heavy (non-hydrogen) atoms. The Bertz CT molecular complexity index is 525. The Balaban J connectivity index is 2.04. The summed E-state index contributed by atoms with van der Waals surface area (Å²) in [5.74, 6) is 0.858. The van der Waals surface area contributed by atoms with Gasteiger partial charge in [-0.05, 0) is 57.9 Å². The second kappa shape index (κ2) is 7.67. The summed E-state index contributed by atoms with van der Waals surface area (Å²) < 4.78 is 6.59. The molecule has 128 valence electrons. The number of amides is 1. The molecule has 2 unspecified atom stereocenters. The van der Waals surface area contributed by atoms with E-state index in [1.54, 1.807) is 0 Å². The van der Waals surface area contributed by atoms with Crippen molar-refractivity contribution in [2.75, 3.05) is 26.7 Å². The first-order chi connectivity index (χ1) is 10.8. The van der Waals surface area contributed by atoms with Gasteiger partial charge in [0.1, 0.15) is 5.60 Å². The van der Waals surface area contributed by atoms with Gasteiger partial charge in [-0.25, -0.2) is 4.79 Å². The number of nitrogens with one attached hydrogen (secondary N) is 1. The quantitative estimate of drug-likeness (QED) is 0.854. The molecule has 1 N–H and O–H groups in total. The zero-order valence-corrected chi connectivity index (χ0v) is 16.0. The molecule has 0 radical (unpaired) electrons. The molecular formula is C18H27BrN2O2. The summed E-state index contributed by atoms with van der Waals surface area (Å²) in [6, 6.07) is 8.50. The van der Waals surface area contributed by atoms with Crippen molar-refractivity contribution in [1.29, 1.82) is 0 Å². The SMILES string of the molecule is CNCC(c1ccc(Br)cc1)C1CCN(C(=O)OC(C)(C)C)C1. The Kier molecular flexibility index (Phi) is 6.09. The number of halogens is 1. The first-order valence-electron chi connectivity index (χ1n) is 8.18. The van der Waals surface area contributed by atoms with Gasteiger partial charge < -0.3 is 15.0 Å².